The molecule has 0 bridgehead atoms. The monoisotopic (exact) mass is 440 g/mol. The molecule has 1 aliphatic carbocycles. The summed E-state index contributed by atoms with van der Waals surface area (Å²) >= 11 is 6.44. The molecule has 0 radical (unpaired) electrons. The highest BCUT2D eigenvalue weighted by atomic mass is 35.5. The number of rotatable bonds is 4. The van der Waals surface area contributed by atoms with E-state index in [1.807, 2.05) is 40.1 Å². The first-order valence-electron chi connectivity index (χ1n) is 10.7. The van der Waals surface area contributed by atoms with Crippen molar-refractivity contribution in [2.45, 2.75) is 27.7 Å². The van der Waals surface area contributed by atoms with E-state index >= 15 is 0 Å². The summed E-state index contributed by atoms with van der Waals surface area (Å²) in [7, 11) is 0. The molecule has 1 aliphatic heterocycles. The lowest BCUT2D eigenvalue weighted by Crippen LogP contribution is -2.50. The lowest BCUT2D eigenvalue weighted by atomic mass is 10.1. The highest BCUT2D eigenvalue weighted by Gasteiger charge is 2.61. The molecule has 2 heterocycles. The van der Waals surface area contributed by atoms with Gasteiger partial charge in [-0.15, -0.1) is 0 Å². The van der Waals surface area contributed by atoms with Crippen LogP contribution in [0.5, 0.6) is 0 Å². The van der Waals surface area contributed by atoms with Gasteiger partial charge in [-0.3, -0.25) is 9.59 Å². The van der Waals surface area contributed by atoms with Gasteiger partial charge in [-0.2, -0.15) is 9.78 Å². The number of piperazine rings is 1. The Morgan fingerprint density at radius 1 is 1.13 bits per heavy atom. The molecular weight excluding hydrogens is 412 g/mol. The Kier molecular flexibility index (Phi) is 5.69. The summed E-state index contributed by atoms with van der Waals surface area (Å²) in [5.41, 5.74) is 2.23. The van der Waals surface area contributed by atoms with Gasteiger partial charge in [0.05, 0.1) is 23.5 Å². The number of carbonyl (C=O) groups is 1. The molecule has 4 rings (SSSR count). The minimum atomic E-state index is -0.340. The van der Waals surface area contributed by atoms with Gasteiger partial charge in [0.1, 0.15) is 5.02 Å². The third-order valence-electron chi connectivity index (χ3n) is 6.52. The molecule has 2 atom stereocenters. The van der Waals surface area contributed by atoms with Crippen LogP contribution in [0.25, 0.3) is 5.69 Å². The zero-order valence-corrected chi connectivity index (χ0v) is 19.3. The molecule has 31 heavy (non-hydrogen) atoms. The third-order valence-corrected chi connectivity index (χ3v) is 6.88. The van der Waals surface area contributed by atoms with E-state index in [2.05, 4.69) is 38.9 Å². The second-order valence-electron chi connectivity index (χ2n) is 9.28. The highest BCUT2D eigenvalue weighted by molar-refractivity contribution is 6.33. The van der Waals surface area contributed by atoms with Gasteiger partial charge < -0.3 is 9.80 Å². The van der Waals surface area contributed by atoms with Crippen LogP contribution >= 0.6 is 11.6 Å². The molecule has 1 saturated heterocycles. The molecule has 2 unspecified atom stereocenters. The number of hydrogen-bond acceptors (Lipinski definition) is 4. The Morgan fingerprint density at radius 3 is 2.39 bits per heavy atom. The second kappa shape index (κ2) is 8.15. The molecule has 1 aromatic carbocycles. The smallest absolute Gasteiger partial charge is 0.292 e. The summed E-state index contributed by atoms with van der Waals surface area (Å²) in [6.07, 6.45) is 3.87. The van der Waals surface area contributed by atoms with Crippen LogP contribution in [0.3, 0.4) is 0 Å². The molecule has 2 aliphatic rings. The minimum Gasteiger partial charge on any atom is -0.365 e. The van der Waals surface area contributed by atoms with Gasteiger partial charge in [0, 0.05) is 26.2 Å². The minimum absolute atomic E-state index is 0.0146. The predicted octanol–water partition coefficient (Wildman–Crippen LogP) is 3.77. The summed E-state index contributed by atoms with van der Waals surface area (Å²) in [4.78, 5) is 29.9. The predicted molar refractivity (Wildman–Crippen MR) is 124 cm³/mol. The second-order valence-corrected chi connectivity index (χ2v) is 9.66. The molecule has 1 amide bonds. The van der Waals surface area contributed by atoms with E-state index in [0.717, 1.165) is 0 Å². The number of carbonyl (C=O) groups excluding carboxylic acids is 1. The molecule has 164 valence electrons. The number of nitrogens with zero attached hydrogens (tertiary/aromatic N) is 4. The fourth-order valence-corrected chi connectivity index (χ4v) is 4.83. The van der Waals surface area contributed by atoms with Gasteiger partial charge in [0.25, 0.3) is 5.56 Å². The van der Waals surface area contributed by atoms with Gasteiger partial charge in [0.15, 0.2) is 0 Å². The summed E-state index contributed by atoms with van der Waals surface area (Å²) in [5.74, 6) is 0.595. The maximum atomic E-state index is 13.1. The maximum absolute atomic E-state index is 13.1. The molecular formula is C24H29ClN4O2. The average Bonchev–Trinajstić information content (AvgIpc) is 3.29. The number of allylic oxidation sites excluding steroid dienone is 2. The first-order chi connectivity index (χ1) is 14.7. The van der Waals surface area contributed by atoms with Crippen molar-refractivity contribution in [3.8, 4) is 5.69 Å². The number of halogens is 1. The zero-order chi connectivity index (χ0) is 22.3. The topological polar surface area (TPSA) is 58.4 Å². The van der Waals surface area contributed by atoms with E-state index in [4.69, 9.17) is 11.6 Å². The number of amides is 1. The van der Waals surface area contributed by atoms with Crippen molar-refractivity contribution in [3.05, 3.63) is 63.6 Å². The number of anilines is 1. The van der Waals surface area contributed by atoms with Crippen molar-refractivity contribution >= 4 is 23.2 Å². The number of benzene rings is 1. The van der Waals surface area contributed by atoms with Crippen LogP contribution in [0.2, 0.25) is 5.02 Å². The van der Waals surface area contributed by atoms with Crippen molar-refractivity contribution < 1.29 is 4.79 Å². The highest BCUT2D eigenvalue weighted by Crippen LogP contribution is 2.60. The number of hydrogen-bond donors (Lipinski definition) is 0. The van der Waals surface area contributed by atoms with Gasteiger partial charge in [-0.1, -0.05) is 55.3 Å². The van der Waals surface area contributed by atoms with Gasteiger partial charge in [0.2, 0.25) is 5.91 Å². The molecule has 0 N–H and O–H groups in total. The van der Waals surface area contributed by atoms with Gasteiger partial charge >= 0.3 is 0 Å². The quantitative estimate of drug-likeness (QED) is 0.679. The maximum Gasteiger partial charge on any atom is 0.292 e. The Balaban J connectivity index is 1.45. The van der Waals surface area contributed by atoms with Crippen LogP contribution in [0.4, 0.5) is 5.69 Å². The first kappa shape index (κ1) is 21.6. The lowest BCUT2D eigenvalue weighted by molar-refractivity contribution is -0.133. The molecule has 1 saturated carbocycles. The van der Waals surface area contributed by atoms with Crippen molar-refractivity contribution in [2.75, 3.05) is 31.1 Å². The van der Waals surface area contributed by atoms with Crippen LogP contribution < -0.4 is 10.5 Å². The van der Waals surface area contributed by atoms with Crippen LogP contribution in [0, 0.1) is 17.3 Å². The zero-order valence-electron chi connectivity index (χ0n) is 18.5. The largest absolute Gasteiger partial charge is 0.365 e. The summed E-state index contributed by atoms with van der Waals surface area (Å²) in [6, 6.07) is 9.22. The summed E-state index contributed by atoms with van der Waals surface area (Å²) in [5, 5.41) is 4.48. The Bertz CT molecular complexity index is 1060. The van der Waals surface area contributed by atoms with E-state index in [0.29, 0.717) is 43.5 Å². The fourth-order valence-electron chi connectivity index (χ4n) is 4.58. The van der Waals surface area contributed by atoms with Crippen molar-refractivity contribution in [1.29, 1.82) is 0 Å². The van der Waals surface area contributed by atoms with E-state index in [9.17, 15) is 9.59 Å². The Hall–Kier alpha value is -2.60. The number of aromatic nitrogens is 2. The van der Waals surface area contributed by atoms with Crippen molar-refractivity contribution in [2.24, 2.45) is 17.3 Å². The Morgan fingerprint density at radius 2 is 1.77 bits per heavy atom. The van der Waals surface area contributed by atoms with Crippen molar-refractivity contribution in [3.63, 3.8) is 0 Å². The number of para-hydroxylation sites is 1. The third kappa shape index (κ3) is 4.01. The van der Waals surface area contributed by atoms with Crippen LogP contribution in [0.1, 0.15) is 27.7 Å². The van der Waals surface area contributed by atoms with E-state index in [-0.39, 0.29) is 27.8 Å². The van der Waals surface area contributed by atoms with E-state index in [1.54, 1.807) is 6.20 Å². The first-order valence-corrected chi connectivity index (χ1v) is 11.1. The standard InChI is InChI=1S/C24H29ClN4O2/c1-16(2)14-18-20(24(18,3)4)22(30)28-12-10-27(11-13-28)19-15-26-29(23(31)21(19)25)17-8-6-5-7-9-17/h5-9,14-15,18,20H,10-13H2,1-4H3. The van der Waals surface area contributed by atoms with Crippen LogP contribution in [-0.2, 0) is 4.79 Å². The lowest BCUT2D eigenvalue weighted by Gasteiger charge is -2.36. The molecule has 2 fully saturated rings. The average molecular weight is 441 g/mol. The molecule has 7 heteroatoms. The van der Waals surface area contributed by atoms with Gasteiger partial charge in [-0.25, -0.2) is 0 Å². The van der Waals surface area contributed by atoms with Crippen LogP contribution in [0.15, 0.2) is 53.0 Å². The summed E-state index contributed by atoms with van der Waals surface area (Å²) < 4.78 is 1.31. The summed E-state index contributed by atoms with van der Waals surface area (Å²) in [6.45, 7) is 11.0. The van der Waals surface area contributed by atoms with E-state index in [1.165, 1.54) is 10.3 Å². The molecule has 0 spiro atoms. The molecule has 6 nitrogen and oxygen atoms in total. The van der Waals surface area contributed by atoms with Crippen LogP contribution in [-0.4, -0.2) is 46.8 Å². The normalized spacial score (nSPS) is 22.2. The SMILES string of the molecule is CC(C)=CC1C(C(=O)N2CCN(c3cnn(-c4ccccc4)c(=O)c3Cl)CC2)C1(C)C. The van der Waals surface area contributed by atoms with E-state index < -0.39 is 0 Å². The Labute approximate surface area is 188 Å². The molecule has 2 aromatic rings. The molecule has 1 aromatic heterocycles. The van der Waals surface area contributed by atoms with Gasteiger partial charge in [-0.05, 0) is 37.3 Å². The fraction of sp³-hybridized carbons (Fsp3) is 0.458. The van der Waals surface area contributed by atoms with Crippen molar-refractivity contribution in [1.82, 2.24) is 14.7 Å².